The normalized spacial score (nSPS) is 18.9. The summed E-state index contributed by atoms with van der Waals surface area (Å²) in [5.74, 6) is -0.541. The molecule has 0 bridgehead atoms. The number of carbonyl (C=O) groups excluding carboxylic acids is 1. The Morgan fingerprint density at radius 1 is 1.21 bits per heavy atom. The largest absolute Gasteiger partial charge is 0.474 e. The molecule has 1 aliphatic heterocycles. The van der Waals surface area contributed by atoms with E-state index in [-0.39, 0.29) is 10.5 Å². The number of halogens is 3. The third-order valence-electron chi connectivity index (χ3n) is 4.60. The highest BCUT2D eigenvalue weighted by Crippen LogP contribution is 2.52. The van der Waals surface area contributed by atoms with Gasteiger partial charge in [0, 0.05) is 25.5 Å². The fraction of sp³-hybridized carbons (Fsp3) is 0.375. The zero-order valence-corrected chi connectivity index (χ0v) is 15.7. The summed E-state index contributed by atoms with van der Waals surface area (Å²) in [6.45, 7) is 0. The third kappa shape index (κ3) is 3.34. The standard InChI is InChI=1S/C16H14F3N5O4S/c1-24-9-11(8-20-24)28-14(6-7-14)13(25)21-29(26,27)12-4-2-10(3-5-12)15(22-23-15)16(17,18)19/h2-5,8-9H,6-7H2,1H3,(H,21,25). The first-order chi connectivity index (χ1) is 13.5. The first kappa shape index (κ1) is 19.4. The predicted molar refractivity (Wildman–Crippen MR) is 90.2 cm³/mol. The topological polar surface area (TPSA) is 115 Å². The number of sulfonamides is 1. The second-order valence-corrected chi connectivity index (χ2v) is 8.46. The van der Waals surface area contributed by atoms with Crippen LogP contribution in [0.15, 0.2) is 51.8 Å². The van der Waals surface area contributed by atoms with Crippen LogP contribution in [0.3, 0.4) is 0 Å². The number of benzene rings is 1. The minimum atomic E-state index is -4.72. The monoisotopic (exact) mass is 429 g/mol. The van der Waals surface area contributed by atoms with Gasteiger partial charge in [0.15, 0.2) is 11.4 Å². The lowest BCUT2D eigenvalue weighted by Gasteiger charge is -2.17. The van der Waals surface area contributed by atoms with Crippen LogP contribution < -0.4 is 9.46 Å². The molecule has 1 N–H and O–H groups in total. The molecule has 1 aromatic heterocycles. The lowest BCUT2D eigenvalue weighted by Crippen LogP contribution is -2.43. The number of amides is 1. The minimum Gasteiger partial charge on any atom is -0.474 e. The first-order valence-electron chi connectivity index (χ1n) is 8.34. The molecule has 2 heterocycles. The first-order valence-corrected chi connectivity index (χ1v) is 9.82. The van der Waals surface area contributed by atoms with E-state index in [4.69, 9.17) is 4.74 Å². The van der Waals surface area contributed by atoms with Gasteiger partial charge in [-0.1, -0.05) is 12.1 Å². The summed E-state index contributed by atoms with van der Waals surface area (Å²) in [5.41, 5.74) is -4.27. The van der Waals surface area contributed by atoms with E-state index in [0.717, 1.165) is 24.3 Å². The molecule has 29 heavy (non-hydrogen) atoms. The van der Waals surface area contributed by atoms with Crippen LogP contribution in [-0.2, 0) is 27.5 Å². The molecule has 9 nitrogen and oxygen atoms in total. The molecular formula is C16H14F3N5O4S. The zero-order valence-electron chi connectivity index (χ0n) is 14.8. The molecule has 154 valence electrons. The number of rotatable bonds is 6. The van der Waals surface area contributed by atoms with Gasteiger partial charge in [0.25, 0.3) is 15.9 Å². The summed E-state index contributed by atoms with van der Waals surface area (Å²) in [6, 6.07) is 3.85. The Kier molecular flexibility index (Phi) is 4.02. The maximum absolute atomic E-state index is 13.0. The number of nitrogens with one attached hydrogen (secondary N) is 1. The Bertz CT molecular complexity index is 1100. The summed E-state index contributed by atoms with van der Waals surface area (Å²) in [5, 5.41) is 10.0. The van der Waals surface area contributed by atoms with E-state index in [9.17, 15) is 26.4 Å². The van der Waals surface area contributed by atoms with Gasteiger partial charge in [0.05, 0.1) is 17.3 Å². The molecule has 0 saturated heterocycles. The van der Waals surface area contributed by atoms with Gasteiger partial charge >= 0.3 is 11.8 Å². The van der Waals surface area contributed by atoms with E-state index in [2.05, 4.69) is 15.3 Å². The van der Waals surface area contributed by atoms with Crippen molar-refractivity contribution in [3.63, 3.8) is 0 Å². The minimum absolute atomic E-state index is 0.311. The Hall–Kier alpha value is -2.96. The average Bonchev–Trinajstić information content (AvgIpc) is 3.53. The fourth-order valence-corrected chi connectivity index (χ4v) is 3.79. The second-order valence-electron chi connectivity index (χ2n) is 6.78. The van der Waals surface area contributed by atoms with E-state index in [0.29, 0.717) is 18.6 Å². The number of hydrogen-bond donors (Lipinski definition) is 1. The molecule has 1 saturated carbocycles. The molecule has 0 spiro atoms. The molecule has 2 aromatic rings. The maximum Gasteiger partial charge on any atom is 0.442 e. The highest BCUT2D eigenvalue weighted by atomic mass is 32.2. The maximum atomic E-state index is 13.0. The van der Waals surface area contributed by atoms with Crippen LogP contribution in [0.25, 0.3) is 0 Å². The Morgan fingerprint density at radius 2 is 1.83 bits per heavy atom. The van der Waals surface area contributed by atoms with Gasteiger partial charge < -0.3 is 4.74 Å². The molecule has 1 fully saturated rings. The summed E-state index contributed by atoms with van der Waals surface area (Å²) < 4.78 is 73.0. The highest BCUT2D eigenvalue weighted by molar-refractivity contribution is 7.90. The van der Waals surface area contributed by atoms with Crippen LogP contribution in [0.4, 0.5) is 13.2 Å². The van der Waals surface area contributed by atoms with E-state index in [1.54, 1.807) is 7.05 Å². The van der Waals surface area contributed by atoms with E-state index in [1.165, 1.54) is 17.1 Å². The molecule has 1 amide bonds. The van der Waals surface area contributed by atoms with Crippen molar-refractivity contribution in [3.8, 4) is 5.75 Å². The molecule has 2 aliphatic rings. The van der Waals surface area contributed by atoms with Gasteiger partial charge in [-0.3, -0.25) is 9.48 Å². The van der Waals surface area contributed by atoms with Crippen molar-refractivity contribution in [2.75, 3.05) is 0 Å². The van der Waals surface area contributed by atoms with Crippen molar-refractivity contribution in [1.82, 2.24) is 14.5 Å². The van der Waals surface area contributed by atoms with Crippen molar-refractivity contribution in [1.29, 1.82) is 0 Å². The van der Waals surface area contributed by atoms with Crippen LogP contribution in [0.2, 0.25) is 0 Å². The van der Waals surface area contributed by atoms with Gasteiger partial charge in [0.2, 0.25) is 0 Å². The van der Waals surface area contributed by atoms with Gasteiger partial charge in [-0.25, -0.2) is 13.1 Å². The van der Waals surface area contributed by atoms with Crippen LogP contribution in [0.1, 0.15) is 18.4 Å². The predicted octanol–water partition coefficient (Wildman–Crippen LogP) is 2.02. The van der Waals surface area contributed by atoms with Gasteiger partial charge in [0.1, 0.15) is 0 Å². The van der Waals surface area contributed by atoms with Crippen molar-refractivity contribution < 1.29 is 31.1 Å². The van der Waals surface area contributed by atoms with Crippen molar-refractivity contribution in [2.45, 2.75) is 35.2 Å². The number of aryl methyl sites for hydroxylation is 1. The zero-order chi connectivity index (χ0) is 21.1. The number of aromatic nitrogens is 2. The average molecular weight is 429 g/mol. The molecule has 4 rings (SSSR count). The smallest absolute Gasteiger partial charge is 0.442 e. The Balaban J connectivity index is 1.48. The summed E-state index contributed by atoms with van der Waals surface area (Å²) in [4.78, 5) is 12.1. The molecular weight excluding hydrogens is 415 g/mol. The van der Waals surface area contributed by atoms with Crippen LogP contribution in [0, 0.1) is 0 Å². The molecule has 1 aromatic carbocycles. The summed E-state index contributed by atoms with van der Waals surface area (Å²) >= 11 is 0. The summed E-state index contributed by atoms with van der Waals surface area (Å²) in [6.07, 6.45) is -1.15. The van der Waals surface area contributed by atoms with Gasteiger partial charge in [-0.05, 0) is 12.1 Å². The van der Waals surface area contributed by atoms with Crippen molar-refractivity contribution >= 4 is 15.9 Å². The number of nitrogens with zero attached hydrogens (tertiary/aromatic N) is 4. The lowest BCUT2D eigenvalue weighted by molar-refractivity contribution is -0.166. The molecule has 0 unspecified atom stereocenters. The molecule has 1 aliphatic carbocycles. The summed E-state index contributed by atoms with van der Waals surface area (Å²) in [7, 11) is -2.65. The van der Waals surface area contributed by atoms with Crippen molar-refractivity contribution in [2.24, 2.45) is 17.3 Å². The van der Waals surface area contributed by atoms with Gasteiger partial charge in [-0.2, -0.15) is 18.3 Å². The van der Waals surface area contributed by atoms with Crippen LogP contribution in [0.5, 0.6) is 5.75 Å². The fourth-order valence-electron chi connectivity index (χ4n) is 2.75. The van der Waals surface area contributed by atoms with E-state index in [1.807, 2.05) is 4.72 Å². The Morgan fingerprint density at radius 3 is 2.28 bits per heavy atom. The molecule has 13 heteroatoms. The number of carbonyl (C=O) groups is 1. The van der Waals surface area contributed by atoms with Crippen LogP contribution in [-0.4, -0.2) is 35.9 Å². The highest BCUT2D eigenvalue weighted by Gasteiger charge is 2.65. The van der Waals surface area contributed by atoms with Crippen molar-refractivity contribution in [3.05, 3.63) is 42.2 Å². The number of ether oxygens (including phenoxy) is 1. The number of alkyl halides is 3. The van der Waals surface area contributed by atoms with E-state index < -0.39 is 33.4 Å². The Labute approximate surface area is 162 Å². The SMILES string of the molecule is Cn1cc(OC2(C(=O)NS(=O)(=O)c3ccc(C4(C(F)(F)F)N=N4)cc3)CC2)cn1. The lowest BCUT2D eigenvalue weighted by atomic mass is 10.0. The van der Waals surface area contributed by atoms with E-state index >= 15 is 0 Å². The molecule has 0 radical (unpaired) electrons. The number of hydrogen-bond acceptors (Lipinski definition) is 7. The van der Waals surface area contributed by atoms with Gasteiger partial charge in [-0.15, -0.1) is 10.2 Å². The second kappa shape index (κ2) is 6.02. The molecule has 0 atom stereocenters. The third-order valence-corrected chi connectivity index (χ3v) is 5.95. The quantitative estimate of drug-likeness (QED) is 0.754. The van der Waals surface area contributed by atoms with Crippen LogP contribution >= 0.6 is 0 Å².